The molecular formula is C17H22N2O3S2. The number of sulfone groups is 1. The Labute approximate surface area is 147 Å². The Bertz CT molecular complexity index is 809. The van der Waals surface area contributed by atoms with Crippen LogP contribution < -0.4 is 4.90 Å². The molecule has 0 radical (unpaired) electrons. The van der Waals surface area contributed by atoms with E-state index in [-0.39, 0.29) is 28.7 Å². The van der Waals surface area contributed by atoms with Gasteiger partial charge in [-0.1, -0.05) is 44.7 Å². The van der Waals surface area contributed by atoms with Crippen LogP contribution in [0, 0.1) is 12.3 Å². The molecule has 2 saturated heterocycles. The Hall–Kier alpha value is -1.34. The molecule has 130 valence electrons. The largest absolute Gasteiger partial charge is 0.316 e. The van der Waals surface area contributed by atoms with Crippen molar-refractivity contribution >= 4 is 38.4 Å². The average Bonchev–Trinajstić information content (AvgIpc) is 2.88. The summed E-state index contributed by atoms with van der Waals surface area (Å²) >= 11 is 1.41. The van der Waals surface area contributed by atoms with Gasteiger partial charge in [0.25, 0.3) is 5.91 Å². The molecule has 1 amide bonds. The van der Waals surface area contributed by atoms with Gasteiger partial charge in [0.05, 0.1) is 17.5 Å². The standard InChI is InChI=1S/C17H22N2O3S2/c1-11-6-5-7-12(8-11)19-13-9-24(21,22)10-14(13)23-16(19)18-15(20)17(2,3)4/h5-8,13-14H,9-10H2,1-4H3. The molecule has 5 nitrogen and oxygen atoms in total. The molecule has 1 aromatic rings. The number of thioether (sulfide) groups is 1. The Balaban J connectivity index is 2.03. The number of hydrogen-bond donors (Lipinski definition) is 0. The molecule has 2 aliphatic rings. The highest BCUT2D eigenvalue weighted by Gasteiger charge is 2.49. The highest BCUT2D eigenvalue weighted by atomic mass is 32.2. The lowest BCUT2D eigenvalue weighted by Gasteiger charge is -2.25. The number of carbonyl (C=O) groups excluding carboxylic acids is 1. The molecule has 0 saturated carbocycles. The molecule has 0 aliphatic carbocycles. The number of fused-ring (bicyclic) bond motifs is 1. The first-order valence-corrected chi connectivity index (χ1v) is 10.6. The molecule has 2 unspecified atom stereocenters. The number of aryl methyl sites for hydroxylation is 1. The second kappa shape index (κ2) is 5.88. The number of aliphatic imine (C=N–C) groups is 1. The second-order valence-electron chi connectivity index (χ2n) is 7.46. The summed E-state index contributed by atoms with van der Waals surface area (Å²) < 4.78 is 24.1. The molecule has 0 spiro atoms. The third-order valence-electron chi connectivity index (χ3n) is 4.19. The number of anilines is 1. The van der Waals surface area contributed by atoms with Crippen LogP contribution in [0.15, 0.2) is 29.3 Å². The maximum Gasteiger partial charge on any atom is 0.253 e. The van der Waals surface area contributed by atoms with Gasteiger partial charge in [-0.2, -0.15) is 4.99 Å². The summed E-state index contributed by atoms with van der Waals surface area (Å²) in [6, 6.07) is 7.72. The van der Waals surface area contributed by atoms with E-state index in [0.717, 1.165) is 11.3 Å². The SMILES string of the molecule is Cc1cccc(N2C(=NC(=O)C(C)(C)C)SC3CS(=O)(=O)CC32)c1. The van der Waals surface area contributed by atoms with E-state index in [1.807, 2.05) is 56.9 Å². The average molecular weight is 367 g/mol. The van der Waals surface area contributed by atoms with Crippen LogP contribution in [-0.2, 0) is 14.6 Å². The molecule has 0 aromatic heterocycles. The minimum atomic E-state index is -3.04. The molecule has 24 heavy (non-hydrogen) atoms. The Morgan fingerprint density at radius 3 is 2.62 bits per heavy atom. The summed E-state index contributed by atoms with van der Waals surface area (Å²) in [5, 5.41) is 0.549. The molecule has 2 aliphatic heterocycles. The van der Waals surface area contributed by atoms with Crippen molar-refractivity contribution in [2.75, 3.05) is 16.4 Å². The topological polar surface area (TPSA) is 66.8 Å². The van der Waals surface area contributed by atoms with Crippen LogP contribution in [0.5, 0.6) is 0 Å². The molecule has 0 bridgehead atoms. The fourth-order valence-electron chi connectivity index (χ4n) is 2.90. The lowest BCUT2D eigenvalue weighted by atomic mass is 9.96. The summed E-state index contributed by atoms with van der Waals surface area (Å²) in [6.07, 6.45) is 0. The van der Waals surface area contributed by atoms with Crippen LogP contribution >= 0.6 is 11.8 Å². The van der Waals surface area contributed by atoms with E-state index < -0.39 is 15.3 Å². The Morgan fingerprint density at radius 1 is 1.29 bits per heavy atom. The molecular weight excluding hydrogens is 344 g/mol. The third-order valence-corrected chi connectivity index (χ3v) is 7.39. The predicted octanol–water partition coefficient (Wildman–Crippen LogP) is 2.64. The van der Waals surface area contributed by atoms with Crippen LogP contribution in [0.4, 0.5) is 5.69 Å². The van der Waals surface area contributed by atoms with Gasteiger partial charge in [-0.05, 0) is 24.6 Å². The number of carbonyl (C=O) groups is 1. The summed E-state index contributed by atoms with van der Waals surface area (Å²) in [5.41, 5.74) is 1.42. The van der Waals surface area contributed by atoms with Crippen LogP contribution in [0.3, 0.4) is 0 Å². The highest BCUT2D eigenvalue weighted by Crippen LogP contribution is 2.41. The van der Waals surface area contributed by atoms with Crippen molar-refractivity contribution < 1.29 is 13.2 Å². The van der Waals surface area contributed by atoms with E-state index >= 15 is 0 Å². The van der Waals surface area contributed by atoms with Crippen molar-refractivity contribution in [3.8, 4) is 0 Å². The van der Waals surface area contributed by atoms with Crippen molar-refractivity contribution in [1.82, 2.24) is 0 Å². The van der Waals surface area contributed by atoms with Gasteiger partial charge in [0.2, 0.25) is 0 Å². The van der Waals surface area contributed by atoms with Gasteiger partial charge in [-0.25, -0.2) is 8.42 Å². The summed E-state index contributed by atoms with van der Waals surface area (Å²) in [5.74, 6) is 0.0693. The van der Waals surface area contributed by atoms with Crippen molar-refractivity contribution in [3.63, 3.8) is 0 Å². The van der Waals surface area contributed by atoms with Gasteiger partial charge in [0, 0.05) is 16.4 Å². The quantitative estimate of drug-likeness (QED) is 0.764. The minimum absolute atomic E-state index is 0.0676. The van der Waals surface area contributed by atoms with Crippen molar-refractivity contribution in [2.45, 2.75) is 39.0 Å². The zero-order valence-corrected chi connectivity index (χ0v) is 15.9. The van der Waals surface area contributed by atoms with E-state index in [1.54, 1.807) is 0 Å². The van der Waals surface area contributed by atoms with Crippen molar-refractivity contribution in [1.29, 1.82) is 0 Å². The van der Waals surface area contributed by atoms with Gasteiger partial charge in [0.15, 0.2) is 15.0 Å². The van der Waals surface area contributed by atoms with Crippen molar-refractivity contribution in [2.24, 2.45) is 10.4 Å². The third kappa shape index (κ3) is 3.37. The number of amides is 1. The zero-order valence-electron chi connectivity index (χ0n) is 14.3. The molecule has 0 N–H and O–H groups in total. The van der Waals surface area contributed by atoms with E-state index in [4.69, 9.17) is 0 Å². The number of amidine groups is 1. The summed E-state index contributed by atoms with van der Waals surface area (Å²) in [4.78, 5) is 18.6. The molecule has 2 fully saturated rings. The molecule has 1 aromatic carbocycles. The lowest BCUT2D eigenvalue weighted by Crippen LogP contribution is -2.38. The van der Waals surface area contributed by atoms with Crippen LogP contribution in [0.25, 0.3) is 0 Å². The minimum Gasteiger partial charge on any atom is -0.316 e. The number of hydrogen-bond acceptors (Lipinski definition) is 4. The van der Waals surface area contributed by atoms with Gasteiger partial charge >= 0.3 is 0 Å². The van der Waals surface area contributed by atoms with Gasteiger partial charge in [0.1, 0.15) is 0 Å². The van der Waals surface area contributed by atoms with Crippen LogP contribution in [-0.4, -0.2) is 42.3 Å². The first-order chi connectivity index (χ1) is 11.1. The maximum atomic E-state index is 12.4. The Morgan fingerprint density at radius 2 is 2.00 bits per heavy atom. The second-order valence-corrected chi connectivity index (χ2v) is 10.8. The van der Waals surface area contributed by atoms with Crippen LogP contribution in [0.1, 0.15) is 26.3 Å². The Kier molecular flexibility index (Phi) is 4.28. The molecule has 2 atom stereocenters. The van der Waals surface area contributed by atoms with Gasteiger partial charge in [-0.3, -0.25) is 4.79 Å². The number of rotatable bonds is 1. The van der Waals surface area contributed by atoms with Crippen LogP contribution in [0.2, 0.25) is 0 Å². The fourth-order valence-corrected chi connectivity index (χ4v) is 6.81. The zero-order chi connectivity index (χ0) is 17.7. The molecule has 2 heterocycles. The van der Waals surface area contributed by atoms with E-state index in [0.29, 0.717) is 5.17 Å². The monoisotopic (exact) mass is 366 g/mol. The smallest absolute Gasteiger partial charge is 0.253 e. The molecule has 7 heteroatoms. The number of nitrogens with zero attached hydrogens (tertiary/aromatic N) is 2. The normalized spacial score (nSPS) is 27.5. The number of benzene rings is 1. The first-order valence-electron chi connectivity index (χ1n) is 7.93. The van der Waals surface area contributed by atoms with E-state index in [2.05, 4.69) is 4.99 Å². The van der Waals surface area contributed by atoms with Gasteiger partial charge < -0.3 is 4.90 Å². The highest BCUT2D eigenvalue weighted by molar-refractivity contribution is 8.16. The fraction of sp³-hybridized carbons (Fsp3) is 0.529. The first kappa shape index (κ1) is 17.5. The summed E-state index contributed by atoms with van der Waals surface area (Å²) in [7, 11) is -3.04. The summed E-state index contributed by atoms with van der Waals surface area (Å²) in [6.45, 7) is 7.50. The lowest BCUT2D eigenvalue weighted by molar-refractivity contribution is -0.124. The van der Waals surface area contributed by atoms with E-state index in [1.165, 1.54) is 11.8 Å². The van der Waals surface area contributed by atoms with Crippen molar-refractivity contribution in [3.05, 3.63) is 29.8 Å². The maximum absolute atomic E-state index is 12.4. The predicted molar refractivity (Wildman–Crippen MR) is 99.4 cm³/mol. The van der Waals surface area contributed by atoms with E-state index in [9.17, 15) is 13.2 Å². The van der Waals surface area contributed by atoms with Gasteiger partial charge in [-0.15, -0.1) is 0 Å². The molecule has 3 rings (SSSR count).